The Hall–Kier alpha value is -3.98. The highest BCUT2D eigenvalue weighted by atomic mass is 32.2. The predicted octanol–water partition coefficient (Wildman–Crippen LogP) is 3.82. The van der Waals surface area contributed by atoms with Crippen LogP contribution in [-0.2, 0) is 26.0 Å². The van der Waals surface area contributed by atoms with Gasteiger partial charge >= 0.3 is 0 Å². The third kappa shape index (κ3) is 5.75. The second kappa shape index (κ2) is 10.1. The van der Waals surface area contributed by atoms with E-state index in [9.17, 15) is 22.8 Å². The van der Waals surface area contributed by atoms with Gasteiger partial charge < -0.3 is 5.32 Å². The Labute approximate surface area is 203 Å². The Morgan fingerprint density at radius 3 is 2.40 bits per heavy atom. The van der Waals surface area contributed by atoms with Crippen molar-refractivity contribution in [2.45, 2.75) is 37.0 Å². The number of rotatable bonds is 7. The summed E-state index contributed by atoms with van der Waals surface area (Å²) in [5.74, 6) is -1.57. The van der Waals surface area contributed by atoms with Crippen LogP contribution in [-0.4, -0.2) is 26.1 Å². The van der Waals surface area contributed by atoms with E-state index in [0.717, 1.165) is 12.0 Å². The molecule has 0 aliphatic carbocycles. The molecule has 1 unspecified atom stereocenters. The molecule has 0 bridgehead atoms. The number of carbonyl (C=O) groups excluding carboxylic acids is 3. The van der Waals surface area contributed by atoms with Crippen LogP contribution in [0.1, 0.15) is 47.2 Å². The highest BCUT2D eigenvalue weighted by Crippen LogP contribution is 2.28. The van der Waals surface area contributed by atoms with Crippen molar-refractivity contribution in [1.29, 1.82) is 0 Å². The molecule has 3 N–H and O–H groups in total. The molecule has 4 rings (SSSR count). The number of aryl methyl sites for hydroxylation is 1. The van der Waals surface area contributed by atoms with Crippen molar-refractivity contribution >= 4 is 39.1 Å². The summed E-state index contributed by atoms with van der Waals surface area (Å²) in [6, 6.07) is 19.7. The molecule has 3 amide bonds. The molecule has 0 spiro atoms. The van der Waals surface area contributed by atoms with Crippen LogP contribution in [0.5, 0.6) is 0 Å². The van der Waals surface area contributed by atoms with Crippen molar-refractivity contribution < 1.29 is 22.8 Å². The number of sulfonamides is 1. The van der Waals surface area contributed by atoms with Gasteiger partial charge in [0.15, 0.2) is 0 Å². The molecule has 1 saturated heterocycles. The molecule has 3 aromatic rings. The lowest BCUT2D eigenvalue weighted by Gasteiger charge is -2.21. The van der Waals surface area contributed by atoms with Crippen molar-refractivity contribution in [2.75, 3.05) is 10.0 Å². The summed E-state index contributed by atoms with van der Waals surface area (Å²) in [6.07, 6.45) is 1.46. The van der Waals surface area contributed by atoms with Crippen LogP contribution in [0.3, 0.4) is 0 Å². The SMILES string of the molecule is CCc1ccc(C(=O)Nc2cccc(S(=O)(=O)Nc3cccc(C4CCC(=O)NC4=O)c3)c2)cc1. The fourth-order valence-corrected chi connectivity index (χ4v) is 4.98. The number of carbonyl (C=O) groups is 3. The maximum Gasteiger partial charge on any atom is 0.261 e. The maximum absolute atomic E-state index is 13.0. The number of hydrogen-bond acceptors (Lipinski definition) is 5. The van der Waals surface area contributed by atoms with Crippen LogP contribution in [0.25, 0.3) is 0 Å². The summed E-state index contributed by atoms with van der Waals surface area (Å²) < 4.78 is 28.6. The van der Waals surface area contributed by atoms with Crippen LogP contribution in [0.4, 0.5) is 11.4 Å². The number of nitrogens with one attached hydrogen (secondary N) is 3. The van der Waals surface area contributed by atoms with Crippen LogP contribution in [0.2, 0.25) is 0 Å². The summed E-state index contributed by atoms with van der Waals surface area (Å²) in [5, 5.41) is 5.04. The molecule has 0 aromatic heterocycles. The van der Waals surface area contributed by atoms with Crippen molar-refractivity contribution in [2.24, 2.45) is 0 Å². The third-order valence-corrected chi connectivity index (χ3v) is 7.19. The summed E-state index contributed by atoms with van der Waals surface area (Å²) >= 11 is 0. The largest absolute Gasteiger partial charge is 0.322 e. The molecule has 180 valence electrons. The van der Waals surface area contributed by atoms with E-state index in [1.807, 2.05) is 19.1 Å². The summed E-state index contributed by atoms with van der Waals surface area (Å²) in [7, 11) is -3.97. The highest BCUT2D eigenvalue weighted by molar-refractivity contribution is 7.92. The molecule has 0 saturated carbocycles. The molecule has 9 heteroatoms. The Kier molecular flexibility index (Phi) is 6.97. The van der Waals surface area contributed by atoms with Crippen molar-refractivity contribution in [3.8, 4) is 0 Å². The van der Waals surface area contributed by atoms with Gasteiger partial charge in [-0.25, -0.2) is 8.42 Å². The molecule has 1 heterocycles. The van der Waals surface area contributed by atoms with Crippen LogP contribution < -0.4 is 15.4 Å². The van der Waals surface area contributed by atoms with Gasteiger partial charge in [-0.3, -0.25) is 24.4 Å². The third-order valence-electron chi connectivity index (χ3n) is 5.81. The zero-order valence-corrected chi connectivity index (χ0v) is 19.9. The van der Waals surface area contributed by atoms with E-state index in [2.05, 4.69) is 15.4 Å². The Bertz CT molecular complexity index is 1380. The minimum Gasteiger partial charge on any atom is -0.322 e. The van der Waals surface area contributed by atoms with Gasteiger partial charge in [0.25, 0.3) is 15.9 Å². The molecular formula is C26H25N3O5S. The van der Waals surface area contributed by atoms with E-state index in [-0.39, 0.29) is 28.8 Å². The van der Waals surface area contributed by atoms with Gasteiger partial charge in [-0.1, -0.05) is 37.3 Å². The molecule has 1 atom stereocenters. The average molecular weight is 492 g/mol. The standard InChI is InChI=1S/C26H25N3O5S/c1-2-17-9-11-18(12-10-17)25(31)27-20-6-4-8-22(16-20)35(33,34)29-21-7-3-5-19(15-21)23-13-14-24(30)28-26(23)32/h3-12,15-16,23,29H,2,13-14H2,1H3,(H,27,31)(H,28,30,32). The number of amides is 3. The van der Waals surface area contributed by atoms with Crippen LogP contribution in [0.15, 0.2) is 77.7 Å². The monoisotopic (exact) mass is 491 g/mol. The lowest BCUT2D eigenvalue weighted by atomic mass is 9.90. The Morgan fingerprint density at radius 1 is 0.971 bits per heavy atom. The first-order valence-electron chi connectivity index (χ1n) is 11.2. The molecule has 1 aliphatic rings. The molecule has 3 aromatic carbocycles. The van der Waals surface area contributed by atoms with Crippen molar-refractivity contribution in [3.05, 3.63) is 89.5 Å². The first-order chi connectivity index (χ1) is 16.7. The lowest BCUT2D eigenvalue weighted by molar-refractivity contribution is -0.134. The fraction of sp³-hybridized carbons (Fsp3) is 0.192. The second-order valence-electron chi connectivity index (χ2n) is 8.27. The van der Waals surface area contributed by atoms with Gasteiger partial charge in [-0.15, -0.1) is 0 Å². The van der Waals surface area contributed by atoms with E-state index in [0.29, 0.717) is 23.2 Å². The van der Waals surface area contributed by atoms with E-state index < -0.39 is 21.8 Å². The number of imide groups is 1. The van der Waals surface area contributed by atoms with Gasteiger partial charge in [0.05, 0.1) is 10.8 Å². The minimum absolute atomic E-state index is 0.0250. The zero-order chi connectivity index (χ0) is 25.0. The first kappa shape index (κ1) is 24.2. The molecule has 0 radical (unpaired) electrons. The summed E-state index contributed by atoms with van der Waals surface area (Å²) in [4.78, 5) is 36.1. The van der Waals surface area contributed by atoms with E-state index in [4.69, 9.17) is 0 Å². The Morgan fingerprint density at radius 2 is 1.69 bits per heavy atom. The molecule has 1 fully saturated rings. The summed E-state index contributed by atoms with van der Waals surface area (Å²) in [6.45, 7) is 2.03. The first-order valence-corrected chi connectivity index (χ1v) is 12.7. The maximum atomic E-state index is 13.0. The van der Waals surface area contributed by atoms with E-state index in [1.165, 1.54) is 12.1 Å². The zero-order valence-electron chi connectivity index (χ0n) is 19.1. The smallest absolute Gasteiger partial charge is 0.261 e. The van der Waals surface area contributed by atoms with E-state index in [1.54, 1.807) is 48.5 Å². The fourth-order valence-electron chi connectivity index (χ4n) is 3.88. The van der Waals surface area contributed by atoms with Gasteiger partial charge in [0, 0.05) is 23.4 Å². The topological polar surface area (TPSA) is 121 Å². The molecule has 1 aliphatic heterocycles. The minimum atomic E-state index is -3.97. The second-order valence-corrected chi connectivity index (χ2v) is 9.95. The number of piperidine rings is 1. The van der Waals surface area contributed by atoms with Crippen molar-refractivity contribution in [1.82, 2.24) is 5.32 Å². The number of hydrogen-bond donors (Lipinski definition) is 3. The van der Waals surface area contributed by atoms with E-state index >= 15 is 0 Å². The van der Waals surface area contributed by atoms with Crippen LogP contribution in [0, 0.1) is 0 Å². The van der Waals surface area contributed by atoms with Gasteiger partial charge in [0.2, 0.25) is 11.8 Å². The Balaban J connectivity index is 1.49. The lowest BCUT2D eigenvalue weighted by Crippen LogP contribution is -2.39. The van der Waals surface area contributed by atoms with Crippen molar-refractivity contribution in [3.63, 3.8) is 0 Å². The average Bonchev–Trinajstić information content (AvgIpc) is 2.84. The van der Waals surface area contributed by atoms with Gasteiger partial charge in [-0.2, -0.15) is 0 Å². The van der Waals surface area contributed by atoms with Crippen LogP contribution >= 0.6 is 0 Å². The molecular weight excluding hydrogens is 466 g/mol. The quantitative estimate of drug-likeness (QED) is 0.434. The number of benzene rings is 3. The molecule has 35 heavy (non-hydrogen) atoms. The normalized spacial score (nSPS) is 15.9. The summed E-state index contributed by atoms with van der Waals surface area (Å²) in [5.41, 5.74) is 2.83. The van der Waals surface area contributed by atoms with Gasteiger partial charge in [-0.05, 0) is 66.4 Å². The highest BCUT2D eigenvalue weighted by Gasteiger charge is 2.28. The predicted molar refractivity (Wildman–Crippen MR) is 133 cm³/mol. The number of anilines is 2. The molecule has 8 nitrogen and oxygen atoms in total. The van der Waals surface area contributed by atoms with Gasteiger partial charge in [0.1, 0.15) is 0 Å².